The zero-order valence-electron chi connectivity index (χ0n) is 11.4. The molecule has 2 atom stereocenters. The molecule has 0 bridgehead atoms. The molecule has 1 aromatic carbocycles. The van der Waals surface area contributed by atoms with E-state index in [0.29, 0.717) is 16.7 Å². The Morgan fingerprint density at radius 2 is 2.15 bits per heavy atom. The molecule has 20 heavy (non-hydrogen) atoms. The summed E-state index contributed by atoms with van der Waals surface area (Å²) in [5.41, 5.74) is 0.918. The van der Waals surface area contributed by atoms with Crippen LogP contribution in [0.2, 0.25) is 10.0 Å². The average molecular weight is 313 g/mol. The van der Waals surface area contributed by atoms with Crippen LogP contribution < -0.4 is 0 Å². The van der Waals surface area contributed by atoms with Gasteiger partial charge in [-0.05, 0) is 43.4 Å². The Hall–Kier alpha value is -0.980. The van der Waals surface area contributed by atoms with Crippen LogP contribution >= 0.6 is 23.2 Å². The smallest absolute Gasteiger partial charge is 0.222 e. The van der Waals surface area contributed by atoms with Gasteiger partial charge in [0.15, 0.2) is 0 Å². The minimum absolute atomic E-state index is 0.213. The lowest BCUT2D eigenvalue weighted by Crippen LogP contribution is -2.18. The summed E-state index contributed by atoms with van der Waals surface area (Å²) in [6.07, 6.45) is 7.89. The van der Waals surface area contributed by atoms with Crippen molar-refractivity contribution < 1.29 is 9.47 Å². The van der Waals surface area contributed by atoms with Crippen LogP contribution in [0.5, 0.6) is 0 Å². The molecule has 0 amide bonds. The first-order valence-corrected chi connectivity index (χ1v) is 7.17. The van der Waals surface area contributed by atoms with E-state index in [1.165, 1.54) is 0 Å². The van der Waals surface area contributed by atoms with Gasteiger partial charge in [0.25, 0.3) is 0 Å². The van der Waals surface area contributed by atoms with Crippen molar-refractivity contribution in [2.24, 2.45) is 0 Å². The number of rotatable bonds is 8. The highest BCUT2D eigenvalue weighted by molar-refractivity contribution is 6.42. The summed E-state index contributed by atoms with van der Waals surface area (Å²) in [6.45, 7) is 6.08. The zero-order chi connectivity index (χ0) is 15.0. The molecule has 108 valence electrons. The minimum atomic E-state index is -0.677. The standard InChI is InChI=1S/C16H18Cl2O2/c1-4-7-8-15(20-16(5-2)19-6-3)12-9-10-13(17)14(18)11-12/h2,4,9-11,15-16H,1,6-8H2,3H3. The second-order valence-corrected chi connectivity index (χ2v) is 4.93. The number of halogens is 2. The van der Waals surface area contributed by atoms with Gasteiger partial charge in [-0.25, -0.2) is 0 Å². The van der Waals surface area contributed by atoms with Gasteiger partial charge in [-0.2, -0.15) is 0 Å². The molecule has 0 spiro atoms. The van der Waals surface area contributed by atoms with Crippen LogP contribution in [0, 0.1) is 12.3 Å². The molecule has 0 heterocycles. The minimum Gasteiger partial charge on any atom is -0.342 e. The first kappa shape index (κ1) is 17.1. The number of hydrogen-bond acceptors (Lipinski definition) is 2. The lowest BCUT2D eigenvalue weighted by atomic mass is 10.0. The van der Waals surface area contributed by atoms with Crippen molar-refractivity contribution in [1.29, 1.82) is 0 Å². The van der Waals surface area contributed by atoms with E-state index in [4.69, 9.17) is 39.1 Å². The van der Waals surface area contributed by atoms with Crippen LogP contribution in [0.25, 0.3) is 0 Å². The summed E-state index contributed by atoms with van der Waals surface area (Å²) in [5, 5.41) is 1.00. The molecule has 1 rings (SSSR count). The molecular formula is C16H18Cl2O2. The number of hydrogen-bond donors (Lipinski definition) is 0. The Morgan fingerprint density at radius 1 is 1.40 bits per heavy atom. The summed E-state index contributed by atoms with van der Waals surface area (Å²) >= 11 is 12.0. The third-order valence-corrected chi connectivity index (χ3v) is 3.43. The molecule has 2 nitrogen and oxygen atoms in total. The molecule has 0 aliphatic carbocycles. The summed E-state index contributed by atoms with van der Waals surface area (Å²) in [5.74, 6) is 2.48. The van der Waals surface area contributed by atoms with Crippen molar-refractivity contribution in [3.63, 3.8) is 0 Å². The summed E-state index contributed by atoms with van der Waals surface area (Å²) in [6, 6.07) is 5.41. The fraction of sp³-hybridized carbons (Fsp3) is 0.375. The van der Waals surface area contributed by atoms with E-state index in [9.17, 15) is 0 Å². The zero-order valence-corrected chi connectivity index (χ0v) is 13.0. The van der Waals surface area contributed by atoms with Crippen molar-refractivity contribution >= 4 is 23.2 Å². The van der Waals surface area contributed by atoms with Gasteiger partial charge >= 0.3 is 0 Å². The van der Waals surface area contributed by atoms with E-state index in [1.807, 2.05) is 19.1 Å². The van der Waals surface area contributed by atoms with Crippen LogP contribution in [-0.2, 0) is 9.47 Å². The van der Waals surface area contributed by atoms with Gasteiger partial charge in [0, 0.05) is 6.61 Å². The number of ether oxygens (including phenoxy) is 2. The first-order valence-electron chi connectivity index (χ1n) is 6.41. The highest BCUT2D eigenvalue weighted by atomic mass is 35.5. The molecule has 0 aliphatic rings. The van der Waals surface area contributed by atoms with E-state index < -0.39 is 6.29 Å². The van der Waals surface area contributed by atoms with Gasteiger partial charge in [0.2, 0.25) is 6.29 Å². The summed E-state index contributed by atoms with van der Waals surface area (Å²) in [7, 11) is 0. The Kier molecular flexibility index (Phi) is 7.72. The fourth-order valence-corrected chi connectivity index (χ4v) is 2.03. The first-order chi connectivity index (χ1) is 9.62. The largest absolute Gasteiger partial charge is 0.342 e. The molecular weight excluding hydrogens is 295 g/mol. The summed E-state index contributed by atoms with van der Waals surface area (Å²) < 4.78 is 11.1. The Balaban J connectivity index is 2.89. The molecule has 0 saturated heterocycles. The molecule has 2 unspecified atom stereocenters. The Morgan fingerprint density at radius 3 is 2.70 bits per heavy atom. The van der Waals surface area contributed by atoms with Crippen molar-refractivity contribution in [3.8, 4) is 12.3 Å². The van der Waals surface area contributed by atoms with Crippen molar-refractivity contribution in [2.75, 3.05) is 6.61 Å². The molecule has 1 aromatic rings. The van der Waals surface area contributed by atoms with Crippen molar-refractivity contribution in [3.05, 3.63) is 46.5 Å². The second-order valence-electron chi connectivity index (χ2n) is 4.12. The Bertz CT molecular complexity index is 480. The quantitative estimate of drug-likeness (QED) is 0.381. The predicted octanol–water partition coefficient (Wildman–Crippen LogP) is 5.01. The van der Waals surface area contributed by atoms with Gasteiger partial charge in [-0.3, -0.25) is 0 Å². The third-order valence-electron chi connectivity index (χ3n) is 2.69. The summed E-state index contributed by atoms with van der Waals surface area (Å²) in [4.78, 5) is 0. The maximum atomic E-state index is 6.04. The lowest BCUT2D eigenvalue weighted by molar-refractivity contribution is -0.137. The highest BCUT2D eigenvalue weighted by Gasteiger charge is 2.17. The number of terminal acetylenes is 1. The number of benzene rings is 1. The van der Waals surface area contributed by atoms with E-state index >= 15 is 0 Å². The fourth-order valence-electron chi connectivity index (χ4n) is 1.72. The SMILES string of the molecule is C#CC(OCC)OC(CCC=C)c1ccc(Cl)c(Cl)c1. The van der Waals surface area contributed by atoms with Crippen LogP contribution in [-0.4, -0.2) is 12.9 Å². The van der Waals surface area contributed by atoms with Gasteiger partial charge < -0.3 is 9.47 Å². The van der Waals surface area contributed by atoms with Crippen LogP contribution in [0.15, 0.2) is 30.9 Å². The third kappa shape index (κ3) is 5.19. The molecule has 0 aliphatic heterocycles. The van der Waals surface area contributed by atoms with E-state index in [0.717, 1.165) is 18.4 Å². The van der Waals surface area contributed by atoms with Gasteiger partial charge in [-0.1, -0.05) is 35.3 Å². The normalized spacial score (nSPS) is 13.5. The van der Waals surface area contributed by atoms with Gasteiger partial charge in [0.1, 0.15) is 0 Å². The van der Waals surface area contributed by atoms with E-state index in [-0.39, 0.29) is 6.10 Å². The van der Waals surface area contributed by atoms with Crippen LogP contribution in [0.1, 0.15) is 31.4 Å². The van der Waals surface area contributed by atoms with Crippen molar-refractivity contribution in [2.45, 2.75) is 32.2 Å². The number of allylic oxidation sites excluding steroid dienone is 1. The van der Waals surface area contributed by atoms with Gasteiger partial charge in [0.05, 0.1) is 16.1 Å². The predicted molar refractivity (Wildman–Crippen MR) is 84.0 cm³/mol. The monoisotopic (exact) mass is 312 g/mol. The molecule has 0 aromatic heterocycles. The maximum absolute atomic E-state index is 6.04. The average Bonchev–Trinajstić information content (AvgIpc) is 2.45. The lowest BCUT2D eigenvalue weighted by Gasteiger charge is -2.22. The molecule has 0 radical (unpaired) electrons. The second kappa shape index (κ2) is 9.05. The van der Waals surface area contributed by atoms with E-state index in [2.05, 4.69) is 12.5 Å². The maximum Gasteiger partial charge on any atom is 0.222 e. The van der Waals surface area contributed by atoms with Crippen LogP contribution in [0.3, 0.4) is 0 Å². The highest BCUT2D eigenvalue weighted by Crippen LogP contribution is 2.30. The van der Waals surface area contributed by atoms with Gasteiger partial charge in [-0.15, -0.1) is 13.0 Å². The molecule has 0 fully saturated rings. The molecule has 0 N–H and O–H groups in total. The Labute approximate surface area is 130 Å². The topological polar surface area (TPSA) is 18.5 Å². The van der Waals surface area contributed by atoms with Crippen molar-refractivity contribution in [1.82, 2.24) is 0 Å². The molecule has 0 saturated carbocycles. The molecule has 4 heteroatoms. The van der Waals surface area contributed by atoms with E-state index in [1.54, 1.807) is 12.1 Å². The van der Waals surface area contributed by atoms with Crippen LogP contribution in [0.4, 0.5) is 0 Å².